The smallest absolute Gasteiger partial charge is 0.336 e. The van der Waals surface area contributed by atoms with Gasteiger partial charge in [0.2, 0.25) is 0 Å². The van der Waals surface area contributed by atoms with Crippen LogP contribution in [0.1, 0.15) is 18.4 Å². The minimum Gasteiger partial charge on any atom is -0.466 e. The van der Waals surface area contributed by atoms with Crippen molar-refractivity contribution >= 4 is 29.3 Å². The molecule has 0 saturated heterocycles. The van der Waals surface area contributed by atoms with E-state index < -0.39 is 11.9 Å². The molecule has 6 heteroatoms. The fourth-order valence-electron chi connectivity index (χ4n) is 2.47. The van der Waals surface area contributed by atoms with Crippen LogP contribution in [-0.4, -0.2) is 19.3 Å². The van der Waals surface area contributed by atoms with Gasteiger partial charge in [-0.3, -0.25) is 0 Å². The third kappa shape index (κ3) is 2.85. The van der Waals surface area contributed by atoms with Crippen LogP contribution in [0.15, 0.2) is 46.1 Å². The molecule has 0 radical (unpaired) electrons. The van der Waals surface area contributed by atoms with Gasteiger partial charge in [-0.15, -0.1) is 11.8 Å². The molecule has 0 amide bonds. The molecule has 114 valence electrons. The predicted molar refractivity (Wildman–Crippen MR) is 88.2 cm³/mol. The number of allylic oxidation sites excluding steroid dienone is 2. The Bertz CT molecular complexity index is 719. The number of dihydropyridines is 1. The van der Waals surface area contributed by atoms with Crippen LogP contribution in [0.2, 0.25) is 5.02 Å². The molecule has 0 fully saturated rings. The molecule has 0 bridgehead atoms. The Hall–Kier alpha value is -1.90. The maximum Gasteiger partial charge on any atom is 0.336 e. The Kier molecular flexibility index (Phi) is 5.17. The lowest BCUT2D eigenvalue weighted by molar-refractivity contribution is -0.136. The second-order valence-electron chi connectivity index (χ2n) is 4.67. The lowest BCUT2D eigenvalue weighted by atomic mass is 9.82. The van der Waals surface area contributed by atoms with Gasteiger partial charge >= 0.3 is 5.97 Å². The van der Waals surface area contributed by atoms with Gasteiger partial charge in [0.1, 0.15) is 0 Å². The van der Waals surface area contributed by atoms with Crippen molar-refractivity contribution in [1.82, 2.24) is 5.32 Å². The second kappa shape index (κ2) is 6.91. The number of rotatable bonds is 3. The zero-order valence-electron chi connectivity index (χ0n) is 12.4. The van der Waals surface area contributed by atoms with Crippen molar-refractivity contribution in [2.24, 2.45) is 0 Å². The van der Waals surface area contributed by atoms with Crippen LogP contribution in [0.3, 0.4) is 0 Å². The third-order valence-electron chi connectivity index (χ3n) is 3.47. The van der Waals surface area contributed by atoms with Crippen molar-refractivity contribution in [2.75, 3.05) is 13.4 Å². The van der Waals surface area contributed by atoms with Gasteiger partial charge in [0.05, 0.1) is 35.3 Å². The SMILES string of the molecule is COC(=O)C1=C(C)NC(SC)=C(C#N)[C@H]1c1ccccc1Cl. The molecule has 0 spiro atoms. The minimum atomic E-state index is -0.533. The van der Waals surface area contributed by atoms with E-state index >= 15 is 0 Å². The number of carbonyl (C=O) groups is 1. The quantitative estimate of drug-likeness (QED) is 0.856. The molecule has 0 aromatic heterocycles. The fraction of sp³-hybridized carbons (Fsp3) is 0.250. The predicted octanol–water partition coefficient (Wildman–Crippen LogP) is 3.57. The Labute approximate surface area is 138 Å². The zero-order chi connectivity index (χ0) is 16.3. The van der Waals surface area contributed by atoms with Gasteiger partial charge in [0.15, 0.2) is 0 Å². The van der Waals surface area contributed by atoms with Crippen molar-refractivity contribution in [3.05, 3.63) is 56.7 Å². The molecular weight excluding hydrogens is 320 g/mol. The number of methoxy groups -OCH3 is 1. The summed E-state index contributed by atoms with van der Waals surface area (Å²) < 4.78 is 4.89. The van der Waals surface area contributed by atoms with Crippen molar-refractivity contribution in [1.29, 1.82) is 5.26 Å². The van der Waals surface area contributed by atoms with Gasteiger partial charge in [0, 0.05) is 10.7 Å². The molecular formula is C16H15ClN2O2S. The van der Waals surface area contributed by atoms with Crippen LogP contribution >= 0.6 is 23.4 Å². The molecule has 1 atom stereocenters. The largest absolute Gasteiger partial charge is 0.466 e. The molecule has 0 aliphatic carbocycles. The van der Waals surface area contributed by atoms with Crippen LogP contribution in [0.5, 0.6) is 0 Å². The third-order valence-corrected chi connectivity index (χ3v) is 4.55. The lowest BCUT2D eigenvalue weighted by Gasteiger charge is -2.29. The van der Waals surface area contributed by atoms with E-state index in [0.717, 1.165) is 5.03 Å². The summed E-state index contributed by atoms with van der Waals surface area (Å²) in [4.78, 5) is 12.2. The number of nitriles is 1. The molecule has 0 saturated carbocycles. The second-order valence-corrected chi connectivity index (χ2v) is 5.89. The standard InChI is InChI=1S/C16H15ClN2O2S/c1-9-13(16(20)21-2)14(10-6-4-5-7-12(10)17)11(8-18)15(19-9)22-3/h4-7,14,19H,1-3H3/t14-/m1/s1. The first-order valence-corrected chi connectivity index (χ1v) is 8.14. The highest BCUT2D eigenvalue weighted by Crippen LogP contribution is 2.42. The summed E-state index contributed by atoms with van der Waals surface area (Å²) in [6, 6.07) is 9.42. The number of nitrogens with one attached hydrogen (secondary N) is 1. The first-order valence-electron chi connectivity index (χ1n) is 6.53. The summed E-state index contributed by atoms with van der Waals surface area (Å²) in [6.45, 7) is 1.79. The van der Waals surface area contributed by atoms with Gasteiger partial charge in [-0.2, -0.15) is 5.26 Å². The Balaban J connectivity index is 2.72. The zero-order valence-corrected chi connectivity index (χ0v) is 14.0. The molecule has 1 aliphatic rings. The number of nitrogens with zero attached hydrogens (tertiary/aromatic N) is 1. The van der Waals surface area contributed by atoms with Gasteiger partial charge < -0.3 is 10.1 Å². The van der Waals surface area contributed by atoms with E-state index in [9.17, 15) is 10.1 Å². The number of hydrogen-bond acceptors (Lipinski definition) is 5. The van der Waals surface area contributed by atoms with E-state index in [1.165, 1.54) is 18.9 Å². The molecule has 22 heavy (non-hydrogen) atoms. The molecule has 2 rings (SSSR count). The van der Waals surface area contributed by atoms with Crippen LogP contribution in [0.25, 0.3) is 0 Å². The number of carbonyl (C=O) groups excluding carboxylic acids is 1. The Morgan fingerprint density at radius 1 is 1.45 bits per heavy atom. The number of halogens is 1. The molecule has 1 aromatic rings. The van der Waals surface area contributed by atoms with Crippen LogP contribution in [0, 0.1) is 11.3 Å². The number of thioether (sulfide) groups is 1. The van der Waals surface area contributed by atoms with Crippen LogP contribution < -0.4 is 5.32 Å². The Morgan fingerprint density at radius 3 is 2.68 bits per heavy atom. The summed E-state index contributed by atoms with van der Waals surface area (Å²) in [5, 5.41) is 13.9. The summed E-state index contributed by atoms with van der Waals surface area (Å²) in [5.41, 5.74) is 2.25. The van der Waals surface area contributed by atoms with E-state index in [2.05, 4.69) is 11.4 Å². The van der Waals surface area contributed by atoms with Gasteiger partial charge in [-0.25, -0.2) is 4.79 Å². The van der Waals surface area contributed by atoms with Crippen molar-refractivity contribution in [3.63, 3.8) is 0 Å². The van der Waals surface area contributed by atoms with Gasteiger partial charge in [0.25, 0.3) is 0 Å². The molecule has 1 N–H and O–H groups in total. The first kappa shape index (κ1) is 16.5. The Morgan fingerprint density at radius 2 is 2.14 bits per heavy atom. The highest BCUT2D eigenvalue weighted by molar-refractivity contribution is 8.02. The monoisotopic (exact) mass is 334 g/mol. The average Bonchev–Trinajstić information content (AvgIpc) is 2.53. The molecule has 4 nitrogen and oxygen atoms in total. The molecule has 1 aliphatic heterocycles. The normalized spacial score (nSPS) is 17.9. The van der Waals surface area contributed by atoms with E-state index in [4.69, 9.17) is 16.3 Å². The van der Waals surface area contributed by atoms with Gasteiger partial charge in [-0.05, 0) is 24.8 Å². The van der Waals surface area contributed by atoms with Crippen molar-refractivity contribution in [2.45, 2.75) is 12.8 Å². The summed E-state index contributed by atoms with van der Waals surface area (Å²) in [7, 11) is 1.33. The van der Waals surface area contributed by atoms with E-state index in [-0.39, 0.29) is 0 Å². The molecule has 0 unspecified atom stereocenters. The first-order chi connectivity index (χ1) is 10.5. The maximum absolute atomic E-state index is 12.2. The van der Waals surface area contributed by atoms with Crippen LogP contribution in [0.4, 0.5) is 0 Å². The van der Waals surface area contributed by atoms with E-state index in [0.29, 0.717) is 27.4 Å². The van der Waals surface area contributed by atoms with E-state index in [1.807, 2.05) is 24.5 Å². The average molecular weight is 335 g/mol. The molecule has 1 aromatic carbocycles. The summed E-state index contributed by atoms with van der Waals surface area (Å²) in [6.07, 6.45) is 1.87. The van der Waals surface area contributed by atoms with E-state index in [1.54, 1.807) is 13.0 Å². The minimum absolute atomic E-state index is 0.407. The summed E-state index contributed by atoms with van der Waals surface area (Å²) in [5.74, 6) is -1.00. The number of benzene rings is 1. The highest BCUT2D eigenvalue weighted by atomic mass is 35.5. The van der Waals surface area contributed by atoms with Crippen molar-refractivity contribution in [3.8, 4) is 6.07 Å². The number of esters is 1. The topological polar surface area (TPSA) is 62.1 Å². The maximum atomic E-state index is 12.2. The highest BCUT2D eigenvalue weighted by Gasteiger charge is 2.35. The van der Waals surface area contributed by atoms with Gasteiger partial charge in [-0.1, -0.05) is 29.8 Å². The fourth-order valence-corrected chi connectivity index (χ4v) is 3.36. The lowest BCUT2D eigenvalue weighted by Crippen LogP contribution is -2.28. The van der Waals surface area contributed by atoms with Crippen LogP contribution in [-0.2, 0) is 9.53 Å². The number of hydrogen-bond donors (Lipinski definition) is 1. The molecule has 1 heterocycles. The van der Waals surface area contributed by atoms with Crippen molar-refractivity contribution < 1.29 is 9.53 Å². The number of ether oxygens (including phenoxy) is 1. The summed E-state index contributed by atoms with van der Waals surface area (Å²) >= 11 is 7.72.